The lowest BCUT2D eigenvalue weighted by molar-refractivity contribution is -0.115. The molecule has 74 valence electrons. The maximum absolute atomic E-state index is 11.5. The van der Waals surface area contributed by atoms with Gasteiger partial charge < -0.3 is 4.90 Å². The van der Waals surface area contributed by atoms with Gasteiger partial charge in [-0.05, 0) is 6.42 Å². The van der Waals surface area contributed by atoms with Crippen molar-refractivity contribution in [2.75, 3.05) is 14.1 Å². The number of carbonyl (C=O) groups is 1. The SMILES string of the molecule is C=CCC(=O)/C(=C\N(C)C)CCC. The van der Waals surface area contributed by atoms with Crippen LogP contribution in [-0.2, 0) is 4.79 Å². The van der Waals surface area contributed by atoms with E-state index >= 15 is 0 Å². The van der Waals surface area contributed by atoms with Gasteiger partial charge in [-0.15, -0.1) is 6.58 Å². The molecule has 0 radical (unpaired) electrons. The predicted octanol–water partition coefficient (Wildman–Crippen LogP) is 2.38. The third kappa shape index (κ3) is 5.23. The van der Waals surface area contributed by atoms with Crippen molar-refractivity contribution in [1.29, 1.82) is 0 Å². The lowest BCUT2D eigenvalue weighted by Gasteiger charge is -2.09. The molecule has 0 aromatic rings. The molecule has 13 heavy (non-hydrogen) atoms. The molecule has 0 aliphatic heterocycles. The van der Waals surface area contributed by atoms with Gasteiger partial charge in [-0.1, -0.05) is 19.4 Å². The van der Waals surface area contributed by atoms with Gasteiger partial charge in [0.25, 0.3) is 0 Å². The Morgan fingerprint density at radius 3 is 2.46 bits per heavy atom. The highest BCUT2D eigenvalue weighted by molar-refractivity contribution is 5.96. The summed E-state index contributed by atoms with van der Waals surface area (Å²) >= 11 is 0. The van der Waals surface area contributed by atoms with E-state index in [1.165, 1.54) is 0 Å². The fourth-order valence-electron chi connectivity index (χ4n) is 1.12. The van der Waals surface area contributed by atoms with Crippen molar-refractivity contribution in [3.63, 3.8) is 0 Å². The summed E-state index contributed by atoms with van der Waals surface area (Å²) in [6.07, 6.45) is 5.85. The summed E-state index contributed by atoms with van der Waals surface area (Å²) < 4.78 is 0. The van der Waals surface area contributed by atoms with E-state index < -0.39 is 0 Å². The van der Waals surface area contributed by atoms with Gasteiger partial charge in [0.2, 0.25) is 0 Å². The molecule has 0 spiro atoms. The van der Waals surface area contributed by atoms with Crippen LogP contribution < -0.4 is 0 Å². The minimum Gasteiger partial charge on any atom is -0.383 e. The number of rotatable bonds is 6. The Labute approximate surface area is 80.9 Å². The minimum atomic E-state index is 0.186. The van der Waals surface area contributed by atoms with Crippen molar-refractivity contribution in [2.24, 2.45) is 0 Å². The van der Waals surface area contributed by atoms with E-state index in [-0.39, 0.29) is 5.78 Å². The fraction of sp³-hybridized carbons (Fsp3) is 0.545. The van der Waals surface area contributed by atoms with Gasteiger partial charge in [0.05, 0.1) is 0 Å². The molecule has 0 aliphatic rings. The molecule has 0 aromatic heterocycles. The van der Waals surface area contributed by atoms with Gasteiger partial charge in [-0.3, -0.25) is 4.79 Å². The molecule has 0 fully saturated rings. The molecule has 0 saturated carbocycles. The molecule has 0 heterocycles. The summed E-state index contributed by atoms with van der Waals surface area (Å²) in [7, 11) is 3.85. The average molecular weight is 181 g/mol. The second-order valence-electron chi connectivity index (χ2n) is 3.28. The van der Waals surface area contributed by atoms with E-state index in [4.69, 9.17) is 0 Å². The van der Waals surface area contributed by atoms with Crippen LogP contribution >= 0.6 is 0 Å². The van der Waals surface area contributed by atoms with E-state index in [2.05, 4.69) is 13.5 Å². The molecular formula is C11H19NO. The van der Waals surface area contributed by atoms with E-state index in [0.717, 1.165) is 18.4 Å². The molecule has 0 N–H and O–H groups in total. The Kier molecular flexibility index (Phi) is 5.94. The largest absolute Gasteiger partial charge is 0.383 e. The Balaban J connectivity index is 4.40. The first kappa shape index (κ1) is 11.9. The number of hydrogen-bond donors (Lipinski definition) is 0. The van der Waals surface area contributed by atoms with Crippen LogP contribution in [0.4, 0.5) is 0 Å². The Morgan fingerprint density at radius 2 is 2.08 bits per heavy atom. The van der Waals surface area contributed by atoms with E-state index in [9.17, 15) is 4.79 Å². The van der Waals surface area contributed by atoms with Crippen molar-refractivity contribution < 1.29 is 4.79 Å². The molecule has 0 rings (SSSR count). The zero-order valence-corrected chi connectivity index (χ0v) is 8.84. The molecule has 0 unspecified atom stereocenters. The zero-order valence-electron chi connectivity index (χ0n) is 8.84. The number of Topliss-reactive ketones (excluding diaryl/α,β-unsaturated/α-hetero) is 1. The third-order valence-corrected chi connectivity index (χ3v) is 1.62. The normalized spacial score (nSPS) is 11.2. The van der Waals surface area contributed by atoms with Crippen LogP contribution in [0.3, 0.4) is 0 Å². The molecule has 0 bridgehead atoms. The van der Waals surface area contributed by atoms with Crippen LogP contribution in [0.25, 0.3) is 0 Å². The Morgan fingerprint density at radius 1 is 1.46 bits per heavy atom. The highest BCUT2D eigenvalue weighted by Gasteiger charge is 2.06. The number of nitrogens with zero attached hydrogens (tertiary/aromatic N) is 1. The molecule has 0 atom stereocenters. The van der Waals surface area contributed by atoms with E-state index in [0.29, 0.717) is 6.42 Å². The summed E-state index contributed by atoms with van der Waals surface area (Å²) in [5, 5.41) is 0. The average Bonchev–Trinajstić information content (AvgIpc) is 2.03. The maximum atomic E-state index is 11.5. The second-order valence-corrected chi connectivity index (χ2v) is 3.28. The standard InChI is InChI=1S/C11H19NO/c1-5-7-10(9-12(3)4)11(13)8-6-2/h6,9H,2,5,7-8H2,1,3-4H3/b10-9-. The highest BCUT2D eigenvalue weighted by Crippen LogP contribution is 2.09. The lowest BCUT2D eigenvalue weighted by Crippen LogP contribution is -2.08. The van der Waals surface area contributed by atoms with Crippen LogP contribution in [0, 0.1) is 0 Å². The summed E-state index contributed by atoms with van der Waals surface area (Å²) in [5.41, 5.74) is 0.896. The number of carbonyl (C=O) groups excluding carboxylic acids is 1. The first-order valence-electron chi connectivity index (χ1n) is 4.63. The third-order valence-electron chi connectivity index (χ3n) is 1.62. The molecule has 0 aliphatic carbocycles. The second kappa shape index (κ2) is 6.46. The summed E-state index contributed by atoms with van der Waals surface area (Å²) in [5.74, 6) is 0.186. The summed E-state index contributed by atoms with van der Waals surface area (Å²) in [6.45, 7) is 5.63. The number of hydrogen-bond acceptors (Lipinski definition) is 2. The van der Waals surface area contributed by atoms with Crippen molar-refractivity contribution in [3.8, 4) is 0 Å². The molecule has 0 aromatic carbocycles. The number of allylic oxidation sites excluding steroid dienone is 2. The van der Waals surface area contributed by atoms with Crippen molar-refractivity contribution in [2.45, 2.75) is 26.2 Å². The van der Waals surface area contributed by atoms with Crippen LogP contribution in [0.5, 0.6) is 0 Å². The lowest BCUT2D eigenvalue weighted by atomic mass is 10.1. The van der Waals surface area contributed by atoms with Gasteiger partial charge in [0.1, 0.15) is 0 Å². The van der Waals surface area contributed by atoms with Gasteiger partial charge in [0.15, 0.2) is 5.78 Å². The van der Waals surface area contributed by atoms with Crippen molar-refractivity contribution >= 4 is 5.78 Å². The van der Waals surface area contributed by atoms with Gasteiger partial charge >= 0.3 is 0 Å². The molecule has 2 heteroatoms. The first-order chi connectivity index (χ1) is 6.11. The smallest absolute Gasteiger partial charge is 0.164 e. The Bertz CT molecular complexity index is 204. The van der Waals surface area contributed by atoms with Gasteiger partial charge in [-0.25, -0.2) is 0 Å². The van der Waals surface area contributed by atoms with Gasteiger partial charge in [0, 0.05) is 32.3 Å². The molecule has 0 amide bonds. The van der Waals surface area contributed by atoms with E-state index in [1.54, 1.807) is 6.08 Å². The quantitative estimate of drug-likeness (QED) is 0.463. The topological polar surface area (TPSA) is 20.3 Å². The molecule has 2 nitrogen and oxygen atoms in total. The highest BCUT2D eigenvalue weighted by atomic mass is 16.1. The molecule has 0 saturated heterocycles. The van der Waals surface area contributed by atoms with Crippen molar-refractivity contribution in [1.82, 2.24) is 4.90 Å². The van der Waals surface area contributed by atoms with Crippen LogP contribution in [0.2, 0.25) is 0 Å². The summed E-state index contributed by atoms with van der Waals surface area (Å²) in [6, 6.07) is 0. The maximum Gasteiger partial charge on any atom is 0.164 e. The molecular weight excluding hydrogens is 162 g/mol. The van der Waals surface area contributed by atoms with Crippen LogP contribution in [-0.4, -0.2) is 24.8 Å². The minimum absolute atomic E-state index is 0.186. The Hall–Kier alpha value is -1.05. The van der Waals surface area contributed by atoms with Gasteiger partial charge in [-0.2, -0.15) is 0 Å². The fourth-order valence-corrected chi connectivity index (χ4v) is 1.12. The zero-order chi connectivity index (χ0) is 10.3. The number of ketones is 1. The predicted molar refractivity (Wildman–Crippen MR) is 56.5 cm³/mol. The first-order valence-corrected chi connectivity index (χ1v) is 4.63. The van der Waals surface area contributed by atoms with E-state index in [1.807, 2.05) is 25.2 Å². The van der Waals surface area contributed by atoms with Crippen LogP contribution in [0.1, 0.15) is 26.2 Å². The summed E-state index contributed by atoms with van der Waals surface area (Å²) in [4.78, 5) is 13.4. The van der Waals surface area contributed by atoms with Crippen LogP contribution in [0.15, 0.2) is 24.4 Å². The monoisotopic (exact) mass is 181 g/mol. The van der Waals surface area contributed by atoms with Crippen molar-refractivity contribution in [3.05, 3.63) is 24.4 Å².